The molecule has 1 aromatic carbocycles. The van der Waals surface area contributed by atoms with E-state index < -0.39 is 0 Å². The molecule has 0 spiro atoms. The maximum Gasteiger partial charge on any atom is 0.193 e. The number of aliphatic imine (C=N–C) groups is 1. The Morgan fingerprint density at radius 3 is 2.42 bits per heavy atom. The predicted octanol–water partition coefficient (Wildman–Crippen LogP) is 3.64. The summed E-state index contributed by atoms with van der Waals surface area (Å²) in [6, 6.07) is 10.3. The molecular weight excluding hydrogens is 413 g/mol. The van der Waals surface area contributed by atoms with Gasteiger partial charge in [0.05, 0.1) is 6.54 Å². The SMILES string of the molecule is CN(C)C(=NCc1ccccc1)NCC1(CCO)CCCCC1.I. The maximum atomic E-state index is 9.44. The van der Waals surface area contributed by atoms with Crippen molar-refractivity contribution < 1.29 is 5.11 Å². The van der Waals surface area contributed by atoms with Crippen LogP contribution in [0.2, 0.25) is 0 Å². The fraction of sp³-hybridized carbons (Fsp3) is 0.632. The van der Waals surface area contributed by atoms with E-state index in [0.29, 0.717) is 6.54 Å². The molecule has 0 radical (unpaired) electrons. The van der Waals surface area contributed by atoms with Gasteiger partial charge in [0.15, 0.2) is 5.96 Å². The van der Waals surface area contributed by atoms with Crippen molar-refractivity contribution in [3.8, 4) is 0 Å². The van der Waals surface area contributed by atoms with E-state index in [1.807, 2.05) is 37.2 Å². The highest BCUT2D eigenvalue weighted by molar-refractivity contribution is 14.0. The lowest BCUT2D eigenvalue weighted by atomic mass is 9.72. The van der Waals surface area contributed by atoms with Gasteiger partial charge < -0.3 is 15.3 Å². The van der Waals surface area contributed by atoms with Gasteiger partial charge in [0.25, 0.3) is 0 Å². The number of rotatable bonds is 6. The van der Waals surface area contributed by atoms with Crippen molar-refractivity contribution in [3.05, 3.63) is 35.9 Å². The minimum absolute atomic E-state index is 0. The van der Waals surface area contributed by atoms with Crippen LogP contribution in [0, 0.1) is 5.41 Å². The van der Waals surface area contributed by atoms with Crippen LogP contribution in [0.5, 0.6) is 0 Å². The van der Waals surface area contributed by atoms with E-state index in [9.17, 15) is 5.11 Å². The lowest BCUT2D eigenvalue weighted by molar-refractivity contribution is 0.131. The normalized spacial score (nSPS) is 17.0. The zero-order valence-corrected chi connectivity index (χ0v) is 17.3. The van der Waals surface area contributed by atoms with Crippen LogP contribution in [-0.2, 0) is 6.54 Å². The zero-order valence-electron chi connectivity index (χ0n) is 15.0. The lowest BCUT2D eigenvalue weighted by Crippen LogP contribution is -2.44. The first kappa shape index (κ1) is 21.2. The Bertz CT molecular complexity index is 479. The van der Waals surface area contributed by atoms with Crippen molar-refractivity contribution in [2.75, 3.05) is 27.2 Å². The van der Waals surface area contributed by atoms with E-state index in [0.717, 1.165) is 18.9 Å². The second-order valence-electron chi connectivity index (χ2n) is 6.91. The number of hydrogen-bond acceptors (Lipinski definition) is 2. The monoisotopic (exact) mass is 445 g/mol. The number of halogens is 1. The van der Waals surface area contributed by atoms with Crippen LogP contribution >= 0.6 is 24.0 Å². The Morgan fingerprint density at radius 1 is 1.17 bits per heavy atom. The molecule has 2 N–H and O–H groups in total. The first-order valence-electron chi connectivity index (χ1n) is 8.76. The molecule has 5 heteroatoms. The fourth-order valence-corrected chi connectivity index (χ4v) is 3.43. The minimum atomic E-state index is 0. The molecule has 1 aliphatic carbocycles. The molecule has 0 unspecified atom stereocenters. The summed E-state index contributed by atoms with van der Waals surface area (Å²) in [6.45, 7) is 1.87. The summed E-state index contributed by atoms with van der Waals surface area (Å²) in [5.74, 6) is 0.928. The standard InChI is InChI=1S/C19H31N3O.HI/c1-22(2)18(20-15-17-9-5-3-6-10-17)21-16-19(13-14-23)11-7-4-8-12-19;/h3,5-6,9-10,23H,4,7-8,11-16H2,1-2H3,(H,20,21);1H. The summed E-state index contributed by atoms with van der Waals surface area (Å²) in [7, 11) is 4.05. The highest BCUT2D eigenvalue weighted by Crippen LogP contribution is 2.38. The van der Waals surface area contributed by atoms with Gasteiger partial charge in [-0.3, -0.25) is 0 Å². The van der Waals surface area contributed by atoms with Crippen molar-refractivity contribution in [1.29, 1.82) is 0 Å². The summed E-state index contributed by atoms with van der Waals surface area (Å²) in [5.41, 5.74) is 1.45. The Kier molecular flexibility index (Phi) is 9.66. The molecule has 1 aliphatic rings. The average molecular weight is 445 g/mol. The summed E-state index contributed by atoms with van der Waals surface area (Å²) >= 11 is 0. The van der Waals surface area contributed by atoms with Crippen molar-refractivity contribution >= 4 is 29.9 Å². The summed E-state index contributed by atoms with van der Waals surface area (Å²) < 4.78 is 0. The molecule has 0 aromatic heterocycles. The third-order valence-corrected chi connectivity index (χ3v) is 4.86. The van der Waals surface area contributed by atoms with Gasteiger partial charge in [0, 0.05) is 27.2 Å². The number of benzene rings is 1. The zero-order chi connectivity index (χ0) is 16.5. The maximum absolute atomic E-state index is 9.44. The molecule has 1 aromatic rings. The highest BCUT2D eigenvalue weighted by Gasteiger charge is 2.31. The van der Waals surface area contributed by atoms with Gasteiger partial charge in [-0.2, -0.15) is 0 Å². The Morgan fingerprint density at radius 2 is 1.83 bits per heavy atom. The third kappa shape index (κ3) is 6.59. The van der Waals surface area contributed by atoms with Crippen molar-refractivity contribution in [1.82, 2.24) is 10.2 Å². The van der Waals surface area contributed by atoms with Crippen molar-refractivity contribution in [2.45, 2.75) is 45.1 Å². The molecule has 2 rings (SSSR count). The quantitative estimate of drug-likeness (QED) is 0.399. The molecule has 1 fully saturated rings. The van der Waals surface area contributed by atoms with Gasteiger partial charge in [0.2, 0.25) is 0 Å². The van der Waals surface area contributed by atoms with Gasteiger partial charge in [-0.25, -0.2) is 4.99 Å². The molecule has 24 heavy (non-hydrogen) atoms. The van der Waals surface area contributed by atoms with Crippen molar-refractivity contribution in [2.24, 2.45) is 10.4 Å². The molecule has 1 saturated carbocycles. The number of nitrogens with one attached hydrogen (secondary N) is 1. The number of guanidine groups is 1. The molecule has 4 nitrogen and oxygen atoms in total. The van der Waals surface area contributed by atoms with Gasteiger partial charge in [-0.1, -0.05) is 49.6 Å². The van der Waals surface area contributed by atoms with Crippen LogP contribution in [0.25, 0.3) is 0 Å². The lowest BCUT2D eigenvalue weighted by Gasteiger charge is -2.38. The summed E-state index contributed by atoms with van der Waals surface area (Å²) in [6.07, 6.45) is 7.19. The predicted molar refractivity (Wildman–Crippen MR) is 112 cm³/mol. The second-order valence-corrected chi connectivity index (χ2v) is 6.91. The smallest absolute Gasteiger partial charge is 0.193 e. The van der Waals surface area contributed by atoms with Gasteiger partial charge in [-0.05, 0) is 30.2 Å². The topological polar surface area (TPSA) is 47.9 Å². The van der Waals surface area contributed by atoms with Crippen LogP contribution in [0.1, 0.15) is 44.1 Å². The summed E-state index contributed by atoms with van der Waals surface area (Å²) in [5, 5.41) is 13.0. The Hall–Kier alpha value is -0.820. The number of aliphatic hydroxyl groups excluding tert-OH is 1. The van der Waals surface area contributed by atoms with Crippen LogP contribution in [0.15, 0.2) is 35.3 Å². The number of aliphatic hydroxyl groups is 1. The molecule has 0 atom stereocenters. The first-order chi connectivity index (χ1) is 11.2. The second kappa shape index (κ2) is 10.9. The first-order valence-corrected chi connectivity index (χ1v) is 8.76. The van der Waals surface area contributed by atoms with E-state index in [2.05, 4.69) is 17.4 Å². The van der Waals surface area contributed by atoms with E-state index in [1.165, 1.54) is 37.7 Å². The Balaban J connectivity index is 0.00000288. The molecule has 0 heterocycles. The van der Waals surface area contributed by atoms with Crippen molar-refractivity contribution in [3.63, 3.8) is 0 Å². The van der Waals surface area contributed by atoms with Crippen LogP contribution in [0.3, 0.4) is 0 Å². The highest BCUT2D eigenvalue weighted by atomic mass is 127. The summed E-state index contributed by atoms with van der Waals surface area (Å²) in [4.78, 5) is 6.78. The molecule has 0 amide bonds. The van der Waals surface area contributed by atoms with E-state index in [4.69, 9.17) is 4.99 Å². The number of nitrogens with zero attached hydrogens (tertiary/aromatic N) is 2. The molecule has 0 saturated heterocycles. The van der Waals surface area contributed by atoms with Crippen LogP contribution in [-0.4, -0.2) is 43.2 Å². The largest absolute Gasteiger partial charge is 0.396 e. The molecular formula is C19H32IN3O. The van der Waals surface area contributed by atoms with E-state index >= 15 is 0 Å². The third-order valence-electron chi connectivity index (χ3n) is 4.86. The van der Waals surface area contributed by atoms with E-state index in [1.54, 1.807) is 0 Å². The molecule has 0 bridgehead atoms. The van der Waals surface area contributed by atoms with Gasteiger partial charge in [0.1, 0.15) is 0 Å². The minimum Gasteiger partial charge on any atom is -0.396 e. The molecule has 0 aliphatic heterocycles. The van der Waals surface area contributed by atoms with Gasteiger partial charge in [-0.15, -0.1) is 24.0 Å². The Labute approximate surface area is 163 Å². The number of hydrogen-bond donors (Lipinski definition) is 2. The molecule has 136 valence electrons. The average Bonchev–Trinajstić information content (AvgIpc) is 2.56. The fourth-order valence-electron chi connectivity index (χ4n) is 3.43. The van der Waals surface area contributed by atoms with Crippen LogP contribution < -0.4 is 5.32 Å². The van der Waals surface area contributed by atoms with Crippen LogP contribution in [0.4, 0.5) is 0 Å². The van der Waals surface area contributed by atoms with E-state index in [-0.39, 0.29) is 36.0 Å². The van der Waals surface area contributed by atoms with Gasteiger partial charge >= 0.3 is 0 Å².